The van der Waals surface area contributed by atoms with Crippen LogP contribution in [0.4, 0.5) is 4.39 Å². The molecule has 21 heavy (non-hydrogen) atoms. The van der Waals surface area contributed by atoms with E-state index in [-0.39, 0.29) is 12.0 Å². The second kappa shape index (κ2) is 6.39. The fourth-order valence-electron chi connectivity index (χ4n) is 2.35. The fraction of sp³-hybridized carbons (Fsp3) is 0.333. The number of hydrogen-bond donors (Lipinski definition) is 1. The van der Waals surface area contributed by atoms with Crippen LogP contribution in [0.1, 0.15) is 29.8 Å². The van der Waals surface area contributed by atoms with Gasteiger partial charge >= 0.3 is 5.97 Å². The first-order valence-electron chi connectivity index (χ1n) is 6.64. The molecule has 0 aliphatic heterocycles. The summed E-state index contributed by atoms with van der Waals surface area (Å²) in [6.07, 6.45) is 0.186. The molecule has 0 aliphatic carbocycles. The van der Waals surface area contributed by atoms with Gasteiger partial charge < -0.3 is 5.11 Å². The van der Waals surface area contributed by atoms with E-state index in [9.17, 15) is 14.3 Å². The highest BCUT2D eigenvalue weighted by molar-refractivity contribution is 9.10. The summed E-state index contributed by atoms with van der Waals surface area (Å²) in [6.45, 7) is 4.41. The van der Waals surface area contributed by atoms with E-state index in [1.54, 1.807) is 16.8 Å². The normalized spacial score (nSPS) is 12.4. The van der Waals surface area contributed by atoms with Gasteiger partial charge in [-0.2, -0.15) is 5.10 Å². The van der Waals surface area contributed by atoms with E-state index in [0.29, 0.717) is 6.54 Å². The molecule has 0 aliphatic rings. The molecular weight excluding hydrogens is 339 g/mol. The Labute approximate surface area is 130 Å². The minimum absolute atomic E-state index is 0.186. The number of benzene rings is 1. The van der Waals surface area contributed by atoms with Gasteiger partial charge in [-0.05, 0) is 35.8 Å². The molecule has 1 unspecified atom stereocenters. The maximum Gasteiger partial charge on any atom is 0.311 e. The number of carbonyl (C=O) groups is 1. The Morgan fingerprint density at radius 1 is 1.48 bits per heavy atom. The molecule has 1 atom stereocenters. The van der Waals surface area contributed by atoms with Crippen molar-refractivity contribution in [2.45, 2.75) is 32.7 Å². The van der Waals surface area contributed by atoms with Crippen LogP contribution >= 0.6 is 15.9 Å². The smallest absolute Gasteiger partial charge is 0.311 e. The molecule has 0 fully saturated rings. The molecule has 0 bridgehead atoms. The zero-order valence-corrected chi connectivity index (χ0v) is 13.4. The van der Waals surface area contributed by atoms with Crippen molar-refractivity contribution in [3.63, 3.8) is 0 Å². The van der Waals surface area contributed by atoms with E-state index < -0.39 is 17.7 Å². The number of carboxylic acids is 1. The molecule has 112 valence electrons. The van der Waals surface area contributed by atoms with Gasteiger partial charge in [0.1, 0.15) is 5.82 Å². The molecular formula is C15H16BrFN2O2. The van der Waals surface area contributed by atoms with Gasteiger partial charge in [-0.15, -0.1) is 0 Å². The van der Waals surface area contributed by atoms with Gasteiger partial charge in [0.25, 0.3) is 0 Å². The maximum atomic E-state index is 13.9. The van der Waals surface area contributed by atoms with E-state index in [1.165, 1.54) is 12.1 Å². The molecule has 1 aromatic heterocycles. The van der Waals surface area contributed by atoms with E-state index in [2.05, 4.69) is 21.0 Å². The third-order valence-electron chi connectivity index (χ3n) is 3.43. The number of nitrogens with zero attached hydrogens (tertiary/aromatic N) is 2. The molecule has 0 saturated carbocycles. The lowest BCUT2D eigenvalue weighted by molar-refractivity contribution is -0.138. The molecule has 4 nitrogen and oxygen atoms in total. The molecule has 0 saturated heterocycles. The third kappa shape index (κ3) is 3.15. The van der Waals surface area contributed by atoms with Crippen molar-refractivity contribution in [3.8, 4) is 0 Å². The van der Waals surface area contributed by atoms with E-state index in [0.717, 1.165) is 15.9 Å². The Morgan fingerprint density at radius 3 is 2.71 bits per heavy atom. The predicted octanol–water partition coefficient (Wildman–Crippen LogP) is 3.52. The number of carboxylic acid groups (broad SMARTS) is 1. The number of halogens is 2. The van der Waals surface area contributed by atoms with Crippen molar-refractivity contribution in [3.05, 3.63) is 51.5 Å². The van der Waals surface area contributed by atoms with Gasteiger partial charge in [0.15, 0.2) is 0 Å². The van der Waals surface area contributed by atoms with Gasteiger partial charge in [-0.3, -0.25) is 9.48 Å². The predicted molar refractivity (Wildman–Crippen MR) is 80.8 cm³/mol. The van der Waals surface area contributed by atoms with Crippen LogP contribution in [-0.4, -0.2) is 20.9 Å². The number of rotatable bonds is 5. The standard InChI is InChI=1S/C15H16BrFN2O2/c1-3-19-13(14(16)9(2)18-19)8-11(15(20)21)10-6-4-5-7-12(10)17/h4-7,11H,3,8H2,1-2H3,(H,20,21). The largest absolute Gasteiger partial charge is 0.481 e. The lowest BCUT2D eigenvalue weighted by Gasteiger charge is -2.15. The first kappa shape index (κ1) is 15.7. The van der Waals surface area contributed by atoms with Gasteiger partial charge in [0, 0.05) is 18.5 Å². The summed E-state index contributed by atoms with van der Waals surface area (Å²) in [4.78, 5) is 11.6. The average molecular weight is 355 g/mol. The number of aryl methyl sites for hydroxylation is 2. The Hall–Kier alpha value is -1.69. The Balaban J connectivity index is 2.43. The van der Waals surface area contributed by atoms with Crippen LogP contribution in [0.2, 0.25) is 0 Å². The van der Waals surface area contributed by atoms with Crippen molar-refractivity contribution in [2.75, 3.05) is 0 Å². The summed E-state index contributed by atoms with van der Waals surface area (Å²) >= 11 is 3.44. The van der Waals surface area contributed by atoms with Crippen LogP contribution < -0.4 is 0 Å². The SMILES string of the molecule is CCn1nc(C)c(Br)c1CC(C(=O)O)c1ccccc1F. The van der Waals surface area contributed by atoms with Gasteiger partial charge in [-0.1, -0.05) is 18.2 Å². The second-order valence-electron chi connectivity index (χ2n) is 4.78. The number of hydrogen-bond acceptors (Lipinski definition) is 2. The maximum absolute atomic E-state index is 13.9. The topological polar surface area (TPSA) is 55.1 Å². The van der Waals surface area contributed by atoms with Crippen LogP contribution in [0.5, 0.6) is 0 Å². The summed E-state index contributed by atoms with van der Waals surface area (Å²) in [6, 6.07) is 5.99. The van der Waals surface area contributed by atoms with Crippen LogP contribution in [0.3, 0.4) is 0 Å². The molecule has 0 spiro atoms. The first-order chi connectivity index (χ1) is 9.95. The van der Waals surface area contributed by atoms with E-state index >= 15 is 0 Å². The Kier molecular flexibility index (Phi) is 4.77. The van der Waals surface area contributed by atoms with Crippen LogP contribution in [-0.2, 0) is 17.8 Å². The molecule has 2 aromatic rings. The summed E-state index contributed by atoms with van der Waals surface area (Å²) in [5.74, 6) is -2.49. The number of aromatic nitrogens is 2. The molecule has 2 rings (SSSR count). The van der Waals surface area contributed by atoms with Crippen molar-refractivity contribution in [2.24, 2.45) is 0 Å². The summed E-state index contributed by atoms with van der Waals surface area (Å²) < 4.78 is 16.4. The Bertz CT molecular complexity index is 670. The third-order valence-corrected chi connectivity index (χ3v) is 4.46. The Morgan fingerprint density at radius 2 is 2.14 bits per heavy atom. The zero-order chi connectivity index (χ0) is 15.6. The van der Waals surface area contributed by atoms with Crippen molar-refractivity contribution < 1.29 is 14.3 Å². The van der Waals surface area contributed by atoms with Crippen molar-refractivity contribution >= 4 is 21.9 Å². The highest BCUT2D eigenvalue weighted by Gasteiger charge is 2.26. The summed E-state index contributed by atoms with van der Waals surface area (Å²) in [5, 5.41) is 13.8. The summed E-state index contributed by atoms with van der Waals surface area (Å²) in [7, 11) is 0. The molecule has 1 heterocycles. The van der Waals surface area contributed by atoms with Gasteiger partial charge in [-0.25, -0.2) is 4.39 Å². The highest BCUT2D eigenvalue weighted by atomic mass is 79.9. The highest BCUT2D eigenvalue weighted by Crippen LogP contribution is 2.29. The van der Waals surface area contributed by atoms with E-state index in [4.69, 9.17) is 0 Å². The lowest BCUT2D eigenvalue weighted by atomic mass is 9.93. The molecule has 6 heteroatoms. The minimum atomic E-state index is -1.05. The average Bonchev–Trinajstić information content (AvgIpc) is 2.72. The van der Waals surface area contributed by atoms with Crippen LogP contribution in [0.15, 0.2) is 28.7 Å². The molecule has 1 N–H and O–H groups in total. The minimum Gasteiger partial charge on any atom is -0.481 e. The fourth-order valence-corrected chi connectivity index (χ4v) is 2.79. The van der Waals surface area contributed by atoms with Crippen molar-refractivity contribution in [1.82, 2.24) is 9.78 Å². The lowest BCUT2D eigenvalue weighted by Crippen LogP contribution is -2.18. The monoisotopic (exact) mass is 354 g/mol. The summed E-state index contributed by atoms with van der Waals surface area (Å²) in [5.41, 5.74) is 1.76. The quantitative estimate of drug-likeness (QED) is 0.893. The first-order valence-corrected chi connectivity index (χ1v) is 7.44. The van der Waals surface area contributed by atoms with Gasteiger partial charge in [0.05, 0.1) is 21.8 Å². The van der Waals surface area contributed by atoms with Gasteiger partial charge in [0.2, 0.25) is 0 Å². The second-order valence-corrected chi connectivity index (χ2v) is 5.57. The van der Waals surface area contributed by atoms with E-state index in [1.807, 2.05) is 13.8 Å². The molecule has 1 aromatic carbocycles. The van der Waals surface area contributed by atoms with Crippen molar-refractivity contribution in [1.29, 1.82) is 0 Å². The van der Waals surface area contributed by atoms with Crippen LogP contribution in [0.25, 0.3) is 0 Å². The zero-order valence-electron chi connectivity index (χ0n) is 11.8. The molecule has 0 amide bonds. The van der Waals surface area contributed by atoms with Crippen LogP contribution in [0, 0.1) is 12.7 Å². The molecule has 0 radical (unpaired) electrons. The number of aliphatic carboxylic acids is 1.